The van der Waals surface area contributed by atoms with Crippen LogP contribution in [0.25, 0.3) is 0 Å². The zero-order valence-electron chi connectivity index (χ0n) is 12.6. The van der Waals surface area contributed by atoms with Crippen LogP contribution in [0.5, 0.6) is 0 Å². The first-order valence-corrected chi connectivity index (χ1v) is 7.79. The summed E-state index contributed by atoms with van der Waals surface area (Å²) < 4.78 is 15.0. The van der Waals surface area contributed by atoms with E-state index in [9.17, 15) is 9.35 Å². The number of hydrogen-bond acceptors (Lipinski definition) is 3. The molecular weight excluding hydrogens is 274 g/mol. The maximum Gasteiger partial charge on any atom is 0.335 e. The molecule has 0 saturated carbocycles. The summed E-state index contributed by atoms with van der Waals surface area (Å²) in [6.07, 6.45) is 0. The lowest BCUT2D eigenvalue weighted by molar-refractivity contribution is 0.0697. The van der Waals surface area contributed by atoms with Gasteiger partial charge in [0.1, 0.15) is 4.75 Å². The Balaban J connectivity index is 2.94. The molecule has 0 aliphatic heterocycles. The maximum absolute atomic E-state index is 12.2. The van der Waals surface area contributed by atoms with Crippen LogP contribution < -0.4 is 4.72 Å². The van der Waals surface area contributed by atoms with Crippen molar-refractivity contribution in [1.82, 2.24) is 4.72 Å². The standard InChI is InChI=1S/C15H23NO3S/c1-10(2)13(16-20(19)15(3,4)5)11-6-8-12(9-7-11)14(17)18/h6-10,13,16H,1-5H3,(H,17,18)/t13-,20?/m0/s1. The molecule has 0 amide bonds. The molecule has 2 atom stereocenters. The van der Waals surface area contributed by atoms with Gasteiger partial charge < -0.3 is 9.66 Å². The first-order valence-electron chi connectivity index (χ1n) is 6.64. The van der Waals surface area contributed by atoms with Gasteiger partial charge in [0.2, 0.25) is 0 Å². The predicted molar refractivity (Wildman–Crippen MR) is 82.0 cm³/mol. The third-order valence-corrected chi connectivity index (χ3v) is 4.55. The van der Waals surface area contributed by atoms with Gasteiger partial charge in [0.15, 0.2) is 0 Å². The van der Waals surface area contributed by atoms with Gasteiger partial charge in [-0.15, -0.1) is 4.72 Å². The Hall–Kier alpha value is -1.04. The van der Waals surface area contributed by atoms with Crippen LogP contribution in [0.2, 0.25) is 0 Å². The predicted octanol–water partition coefficient (Wildman–Crippen LogP) is 3.13. The van der Waals surface area contributed by atoms with Crippen molar-refractivity contribution in [2.45, 2.75) is 45.4 Å². The summed E-state index contributed by atoms with van der Waals surface area (Å²) in [5.74, 6) is -0.694. The van der Waals surface area contributed by atoms with Gasteiger partial charge in [-0.2, -0.15) is 0 Å². The van der Waals surface area contributed by atoms with Crippen LogP contribution in [0, 0.1) is 5.92 Å². The molecule has 0 aliphatic rings. The van der Waals surface area contributed by atoms with E-state index in [2.05, 4.69) is 4.72 Å². The highest BCUT2D eigenvalue weighted by Gasteiger charge is 2.31. The molecule has 5 heteroatoms. The molecule has 0 aromatic heterocycles. The summed E-state index contributed by atoms with van der Waals surface area (Å²) in [6.45, 7) is 9.84. The number of rotatable bonds is 5. The molecule has 0 radical (unpaired) electrons. The Kier molecular flexibility index (Phi) is 5.62. The van der Waals surface area contributed by atoms with Gasteiger partial charge in [-0.3, -0.25) is 0 Å². The molecule has 0 fully saturated rings. The summed E-state index contributed by atoms with van der Waals surface area (Å²) in [4.78, 5) is 10.9. The zero-order chi connectivity index (χ0) is 15.5. The maximum atomic E-state index is 12.2. The van der Waals surface area contributed by atoms with E-state index in [0.29, 0.717) is 0 Å². The van der Waals surface area contributed by atoms with Crippen LogP contribution >= 0.6 is 0 Å². The molecule has 0 heterocycles. The number of benzene rings is 1. The third-order valence-electron chi connectivity index (χ3n) is 2.97. The molecule has 20 heavy (non-hydrogen) atoms. The average molecular weight is 297 g/mol. The normalized spacial score (nSPS) is 15.2. The van der Waals surface area contributed by atoms with Gasteiger partial charge in [-0.25, -0.2) is 4.79 Å². The quantitative estimate of drug-likeness (QED) is 0.819. The Labute approximate surface area is 123 Å². The van der Waals surface area contributed by atoms with Crippen molar-refractivity contribution in [3.63, 3.8) is 0 Å². The highest BCUT2D eigenvalue weighted by Crippen LogP contribution is 2.26. The van der Waals surface area contributed by atoms with E-state index in [1.54, 1.807) is 24.3 Å². The van der Waals surface area contributed by atoms with Crippen LogP contribution in [-0.4, -0.2) is 20.4 Å². The third kappa shape index (κ3) is 4.51. The lowest BCUT2D eigenvalue weighted by Gasteiger charge is -2.30. The summed E-state index contributed by atoms with van der Waals surface area (Å²) in [7, 11) is 0. The summed E-state index contributed by atoms with van der Waals surface area (Å²) >= 11 is -1.17. The van der Waals surface area contributed by atoms with E-state index < -0.39 is 17.3 Å². The van der Waals surface area contributed by atoms with Crippen LogP contribution in [-0.2, 0) is 11.4 Å². The van der Waals surface area contributed by atoms with Crippen molar-refractivity contribution in [1.29, 1.82) is 0 Å². The van der Waals surface area contributed by atoms with Gasteiger partial charge in [0.05, 0.1) is 11.6 Å². The van der Waals surface area contributed by atoms with E-state index in [1.807, 2.05) is 34.6 Å². The van der Waals surface area contributed by atoms with E-state index >= 15 is 0 Å². The minimum absolute atomic E-state index is 0.0714. The van der Waals surface area contributed by atoms with Crippen molar-refractivity contribution < 1.29 is 14.5 Å². The van der Waals surface area contributed by atoms with Gasteiger partial charge in [-0.1, -0.05) is 26.0 Å². The van der Waals surface area contributed by atoms with Crippen LogP contribution in [0.4, 0.5) is 0 Å². The lowest BCUT2D eigenvalue weighted by Crippen LogP contribution is -2.42. The molecule has 0 bridgehead atoms. The Bertz CT molecular complexity index is 451. The monoisotopic (exact) mass is 297 g/mol. The molecule has 1 aromatic rings. The fourth-order valence-corrected chi connectivity index (χ4v) is 2.71. The largest absolute Gasteiger partial charge is 0.598 e. The Morgan fingerprint density at radius 2 is 1.75 bits per heavy atom. The number of aromatic carboxylic acids is 1. The van der Waals surface area contributed by atoms with Gasteiger partial charge in [-0.05, 0) is 44.4 Å². The van der Waals surface area contributed by atoms with Crippen LogP contribution in [0.1, 0.15) is 56.6 Å². The minimum atomic E-state index is -1.17. The Morgan fingerprint density at radius 3 is 2.10 bits per heavy atom. The molecular formula is C15H23NO3S. The zero-order valence-corrected chi connectivity index (χ0v) is 13.5. The highest BCUT2D eigenvalue weighted by atomic mass is 32.2. The summed E-state index contributed by atoms with van der Waals surface area (Å²) in [5.41, 5.74) is 1.20. The topological polar surface area (TPSA) is 72.4 Å². The molecule has 0 aliphatic carbocycles. The van der Waals surface area contributed by atoms with Crippen LogP contribution in [0.3, 0.4) is 0 Å². The first-order chi connectivity index (χ1) is 9.12. The van der Waals surface area contributed by atoms with Crippen molar-refractivity contribution in [2.24, 2.45) is 5.92 Å². The summed E-state index contributed by atoms with van der Waals surface area (Å²) in [5, 5.41) is 8.91. The molecule has 0 saturated heterocycles. The number of nitrogens with one attached hydrogen (secondary N) is 1. The minimum Gasteiger partial charge on any atom is -0.598 e. The number of carboxylic acids is 1. The molecule has 4 nitrogen and oxygen atoms in total. The second kappa shape index (κ2) is 6.61. The fraction of sp³-hybridized carbons (Fsp3) is 0.533. The molecule has 1 rings (SSSR count). The lowest BCUT2D eigenvalue weighted by atomic mass is 9.96. The van der Waals surface area contributed by atoms with Gasteiger partial charge in [0.25, 0.3) is 0 Å². The van der Waals surface area contributed by atoms with Crippen LogP contribution in [0.15, 0.2) is 24.3 Å². The SMILES string of the molecule is CC(C)[C@H](N[S+]([O-])C(C)(C)C)c1ccc(C(=O)O)cc1. The van der Waals surface area contributed by atoms with E-state index in [-0.39, 0.29) is 22.3 Å². The van der Waals surface area contributed by atoms with Crippen molar-refractivity contribution in [2.75, 3.05) is 0 Å². The first kappa shape index (κ1) is 17.0. The van der Waals surface area contributed by atoms with Gasteiger partial charge in [0, 0.05) is 11.4 Å². The number of hydrogen-bond donors (Lipinski definition) is 2. The van der Waals surface area contributed by atoms with Crippen molar-refractivity contribution in [3.8, 4) is 0 Å². The van der Waals surface area contributed by atoms with E-state index in [0.717, 1.165) is 5.56 Å². The smallest absolute Gasteiger partial charge is 0.335 e. The van der Waals surface area contributed by atoms with E-state index in [1.165, 1.54) is 0 Å². The highest BCUT2D eigenvalue weighted by molar-refractivity contribution is 7.90. The molecule has 2 N–H and O–H groups in total. The molecule has 0 spiro atoms. The average Bonchev–Trinajstić information content (AvgIpc) is 2.34. The molecule has 112 valence electrons. The summed E-state index contributed by atoms with van der Waals surface area (Å²) in [6, 6.07) is 6.64. The van der Waals surface area contributed by atoms with Gasteiger partial charge >= 0.3 is 5.97 Å². The number of carboxylic acid groups (broad SMARTS) is 1. The fourth-order valence-electron chi connectivity index (χ4n) is 1.71. The van der Waals surface area contributed by atoms with Crippen molar-refractivity contribution in [3.05, 3.63) is 35.4 Å². The van der Waals surface area contributed by atoms with E-state index in [4.69, 9.17) is 5.11 Å². The molecule has 1 unspecified atom stereocenters. The van der Waals surface area contributed by atoms with Crippen molar-refractivity contribution >= 4 is 17.3 Å². The number of carbonyl (C=O) groups is 1. The second-order valence-electron chi connectivity index (χ2n) is 6.15. The Morgan fingerprint density at radius 1 is 1.25 bits per heavy atom. The molecule has 1 aromatic carbocycles. The second-order valence-corrected chi connectivity index (χ2v) is 8.15.